The van der Waals surface area contributed by atoms with Gasteiger partial charge in [0.25, 0.3) is 0 Å². The van der Waals surface area contributed by atoms with Crippen LogP contribution in [0.15, 0.2) is 48.5 Å². The molecule has 1 unspecified atom stereocenters. The largest absolute Gasteiger partial charge is 0.494 e. The summed E-state index contributed by atoms with van der Waals surface area (Å²) in [5.74, 6) is 0.321. The fourth-order valence-corrected chi connectivity index (χ4v) is 5.61. The molecule has 0 N–H and O–H groups in total. The second kappa shape index (κ2) is 10.7. The van der Waals surface area contributed by atoms with Crippen molar-refractivity contribution in [1.29, 1.82) is 0 Å². The molecule has 1 aromatic heterocycles. The van der Waals surface area contributed by atoms with Gasteiger partial charge >= 0.3 is 0 Å². The van der Waals surface area contributed by atoms with Crippen molar-refractivity contribution in [3.05, 3.63) is 48.5 Å². The molecule has 2 saturated heterocycles. The Morgan fingerprint density at radius 1 is 1.20 bits per heavy atom. The molecule has 184 valence electrons. The average Bonchev–Trinajstić information content (AvgIpc) is 3.48. The summed E-state index contributed by atoms with van der Waals surface area (Å²) < 4.78 is 12.1. The van der Waals surface area contributed by atoms with Crippen LogP contribution in [-0.2, 0) is 14.3 Å². The van der Waals surface area contributed by atoms with E-state index in [0.717, 1.165) is 41.3 Å². The lowest BCUT2D eigenvalue weighted by Gasteiger charge is -2.30. The number of thiazole rings is 1. The Bertz CT molecular complexity index is 1180. The molecular formula is C26H30N4O4S. The number of rotatable bonds is 8. The van der Waals surface area contributed by atoms with Gasteiger partial charge in [-0.25, -0.2) is 4.98 Å². The summed E-state index contributed by atoms with van der Waals surface area (Å²) >= 11 is 1.49. The Hall–Kier alpha value is -3.01. The quantitative estimate of drug-likeness (QED) is 0.478. The molecule has 2 aliphatic rings. The predicted molar refractivity (Wildman–Crippen MR) is 137 cm³/mol. The number of para-hydroxylation sites is 1. The molecule has 9 heteroatoms. The SMILES string of the molecule is CCOc1ccc2nc(N(CCN3CCOCC3)C(=O)C3CC(=O)N(c4ccccc4)C3)sc2c1. The molecule has 0 bridgehead atoms. The van der Waals surface area contributed by atoms with Gasteiger partial charge in [-0.05, 0) is 37.3 Å². The minimum Gasteiger partial charge on any atom is -0.494 e. The van der Waals surface area contributed by atoms with Crippen molar-refractivity contribution in [2.45, 2.75) is 13.3 Å². The van der Waals surface area contributed by atoms with Gasteiger partial charge in [0, 0.05) is 44.8 Å². The van der Waals surface area contributed by atoms with E-state index in [9.17, 15) is 9.59 Å². The summed E-state index contributed by atoms with van der Waals surface area (Å²) in [6, 6.07) is 15.4. The number of fused-ring (bicyclic) bond motifs is 1. The zero-order valence-corrected chi connectivity index (χ0v) is 20.7. The number of carbonyl (C=O) groups excluding carboxylic acids is 2. The maximum Gasteiger partial charge on any atom is 0.234 e. The highest BCUT2D eigenvalue weighted by Gasteiger charge is 2.38. The first kappa shape index (κ1) is 23.7. The number of amides is 2. The molecule has 0 aliphatic carbocycles. The first-order valence-electron chi connectivity index (χ1n) is 12.1. The maximum absolute atomic E-state index is 13.8. The normalized spacial score (nSPS) is 18.8. The van der Waals surface area contributed by atoms with E-state index < -0.39 is 5.92 Å². The number of carbonyl (C=O) groups is 2. The van der Waals surface area contributed by atoms with Crippen LogP contribution in [0.2, 0.25) is 0 Å². The first-order valence-corrected chi connectivity index (χ1v) is 12.9. The van der Waals surface area contributed by atoms with Crippen molar-refractivity contribution in [2.24, 2.45) is 5.92 Å². The number of anilines is 2. The highest BCUT2D eigenvalue weighted by Crippen LogP contribution is 2.34. The molecule has 0 radical (unpaired) electrons. The summed E-state index contributed by atoms with van der Waals surface area (Å²) in [7, 11) is 0. The van der Waals surface area contributed by atoms with Gasteiger partial charge in [-0.1, -0.05) is 29.5 Å². The fourth-order valence-electron chi connectivity index (χ4n) is 4.58. The van der Waals surface area contributed by atoms with Crippen LogP contribution in [-0.4, -0.2) is 74.2 Å². The third kappa shape index (κ3) is 5.32. The predicted octanol–water partition coefficient (Wildman–Crippen LogP) is 3.41. The van der Waals surface area contributed by atoms with Crippen LogP contribution in [0.4, 0.5) is 10.8 Å². The molecular weight excluding hydrogens is 464 g/mol. The third-order valence-corrected chi connectivity index (χ3v) is 7.48. The monoisotopic (exact) mass is 494 g/mol. The number of morpholine rings is 1. The van der Waals surface area contributed by atoms with Gasteiger partial charge in [-0.3, -0.25) is 19.4 Å². The van der Waals surface area contributed by atoms with Crippen LogP contribution < -0.4 is 14.5 Å². The molecule has 0 spiro atoms. The van der Waals surface area contributed by atoms with E-state index in [1.807, 2.05) is 55.5 Å². The van der Waals surface area contributed by atoms with Crippen LogP contribution in [0.5, 0.6) is 5.75 Å². The molecule has 8 nitrogen and oxygen atoms in total. The maximum atomic E-state index is 13.8. The van der Waals surface area contributed by atoms with E-state index >= 15 is 0 Å². The van der Waals surface area contributed by atoms with Gasteiger partial charge in [-0.2, -0.15) is 0 Å². The lowest BCUT2D eigenvalue weighted by Crippen LogP contribution is -2.45. The summed E-state index contributed by atoms with van der Waals surface area (Å²) in [4.78, 5) is 37.2. The van der Waals surface area contributed by atoms with Crippen LogP contribution in [0.25, 0.3) is 10.2 Å². The Morgan fingerprint density at radius 3 is 2.77 bits per heavy atom. The van der Waals surface area contributed by atoms with Crippen LogP contribution in [0.1, 0.15) is 13.3 Å². The van der Waals surface area contributed by atoms with Crippen molar-refractivity contribution >= 4 is 44.2 Å². The zero-order chi connectivity index (χ0) is 24.2. The standard InChI is InChI=1S/C26H30N4O4S/c1-2-34-21-8-9-22-23(17-21)35-26(27-22)29(11-10-28-12-14-33-15-13-28)25(32)19-16-24(31)30(18-19)20-6-4-3-5-7-20/h3-9,17,19H,2,10-16,18H2,1H3. The Balaban J connectivity index is 1.39. The van der Waals surface area contributed by atoms with Gasteiger partial charge in [0.1, 0.15) is 5.75 Å². The molecule has 0 saturated carbocycles. The van der Waals surface area contributed by atoms with E-state index in [4.69, 9.17) is 14.5 Å². The van der Waals surface area contributed by atoms with E-state index in [1.165, 1.54) is 11.3 Å². The summed E-state index contributed by atoms with van der Waals surface area (Å²) in [6.45, 7) is 7.30. The Kier molecular flexibility index (Phi) is 7.26. The Morgan fingerprint density at radius 2 is 2.00 bits per heavy atom. The lowest BCUT2D eigenvalue weighted by atomic mass is 10.1. The topological polar surface area (TPSA) is 75.2 Å². The fraction of sp³-hybridized carbons (Fsp3) is 0.423. The number of hydrogen-bond acceptors (Lipinski definition) is 7. The van der Waals surface area contributed by atoms with Gasteiger partial charge < -0.3 is 14.4 Å². The van der Waals surface area contributed by atoms with Crippen molar-refractivity contribution in [1.82, 2.24) is 9.88 Å². The molecule has 2 amide bonds. The minimum atomic E-state index is -0.404. The molecule has 3 aromatic rings. The van der Waals surface area contributed by atoms with E-state index in [1.54, 1.807) is 9.80 Å². The smallest absolute Gasteiger partial charge is 0.234 e. The molecule has 3 heterocycles. The van der Waals surface area contributed by atoms with E-state index in [2.05, 4.69) is 4.90 Å². The molecule has 2 fully saturated rings. The van der Waals surface area contributed by atoms with Crippen molar-refractivity contribution in [2.75, 3.05) is 62.3 Å². The summed E-state index contributed by atoms with van der Waals surface area (Å²) in [5.41, 5.74) is 1.67. The second-order valence-electron chi connectivity index (χ2n) is 8.74. The zero-order valence-electron chi connectivity index (χ0n) is 19.9. The highest BCUT2D eigenvalue weighted by atomic mass is 32.1. The third-order valence-electron chi connectivity index (χ3n) is 6.44. The molecule has 35 heavy (non-hydrogen) atoms. The van der Waals surface area contributed by atoms with Gasteiger partial charge in [0.2, 0.25) is 11.8 Å². The average molecular weight is 495 g/mol. The molecule has 5 rings (SSSR count). The van der Waals surface area contributed by atoms with E-state index in [-0.39, 0.29) is 18.2 Å². The first-order chi connectivity index (χ1) is 17.1. The summed E-state index contributed by atoms with van der Waals surface area (Å²) in [5, 5.41) is 0.664. The molecule has 2 aromatic carbocycles. The van der Waals surface area contributed by atoms with Gasteiger partial charge in [0.15, 0.2) is 5.13 Å². The van der Waals surface area contributed by atoms with Gasteiger partial charge in [-0.15, -0.1) is 0 Å². The number of nitrogens with zero attached hydrogens (tertiary/aromatic N) is 4. The van der Waals surface area contributed by atoms with Crippen LogP contribution in [0, 0.1) is 5.92 Å². The lowest BCUT2D eigenvalue weighted by molar-refractivity contribution is -0.124. The molecule has 1 atom stereocenters. The van der Waals surface area contributed by atoms with Crippen LogP contribution >= 0.6 is 11.3 Å². The van der Waals surface area contributed by atoms with Crippen molar-refractivity contribution in [3.63, 3.8) is 0 Å². The second-order valence-corrected chi connectivity index (χ2v) is 9.75. The van der Waals surface area contributed by atoms with E-state index in [0.29, 0.717) is 38.0 Å². The molecule has 2 aliphatic heterocycles. The van der Waals surface area contributed by atoms with Crippen LogP contribution in [0.3, 0.4) is 0 Å². The number of benzene rings is 2. The number of ether oxygens (including phenoxy) is 2. The number of hydrogen-bond donors (Lipinski definition) is 0. The summed E-state index contributed by atoms with van der Waals surface area (Å²) in [6.07, 6.45) is 0.209. The highest BCUT2D eigenvalue weighted by molar-refractivity contribution is 7.22. The van der Waals surface area contributed by atoms with Crippen molar-refractivity contribution in [3.8, 4) is 5.75 Å². The van der Waals surface area contributed by atoms with Gasteiger partial charge in [0.05, 0.1) is 36.0 Å². The Labute approximate surface area is 209 Å². The van der Waals surface area contributed by atoms with Crippen molar-refractivity contribution < 1.29 is 19.1 Å². The minimum absolute atomic E-state index is 0.0201. The number of aromatic nitrogens is 1.